The van der Waals surface area contributed by atoms with Crippen molar-refractivity contribution in [3.8, 4) is 0 Å². The second-order valence-corrected chi connectivity index (χ2v) is 4.82. The number of nitro benzene ring substituents is 1. The van der Waals surface area contributed by atoms with Gasteiger partial charge in [0, 0.05) is 18.5 Å². The number of nitrogens with zero attached hydrogens (tertiary/aromatic N) is 1. The number of hydrogen-bond donors (Lipinski definition) is 2. The lowest BCUT2D eigenvalue weighted by Gasteiger charge is -2.10. The van der Waals surface area contributed by atoms with E-state index in [0.717, 1.165) is 24.9 Å². The summed E-state index contributed by atoms with van der Waals surface area (Å²) in [6.07, 6.45) is 2.40. The van der Waals surface area contributed by atoms with Gasteiger partial charge in [-0.3, -0.25) is 14.9 Å². The third-order valence-electron chi connectivity index (χ3n) is 3.22. The van der Waals surface area contributed by atoms with E-state index in [1.54, 1.807) is 19.1 Å². The van der Waals surface area contributed by atoms with Crippen LogP contribution < -0.4 is 10.6 Å². The van der Waals surface area contributed by atoms with Gasteiger partial charge < -0.3 is 10.6 Å². The third kappa shape index (κ3) is 3.51. The molecule has 6 nitrogen and oxygen atoms in total. The van der Waals surface area contributed by atoms with Crippen LogP contribution in [-0.4, -0.2) is 23.4 Å². The van der Waals surface area contributed by atoms with E-state index in [1.165, 1.54) is 6.07 Å². The van der Waals surface area contributed by atoms with Gasteiger partial charge in [-0.05, 0) is 37.9 Å². The fourth-order valence-electron chi connectivity index (χ4n) is 2.25. The molecule has 1 saturated heterocycles. The molecule has 0 aromatic heterocycles. The average molecular weight is 263 g/mol. The maximum atomic E-state index is 11.9. The Morgan fingerprint density at radius 3 is 3.00 bits per heavy atom. The number of rotatable bonds is 4. The van der Waals surface area contributed by atoms with Crippen molar-refractivity contribution in [2.75, 3.05) is 11.9 Å². The molecule has 0 aliphatic carbocycles. The maximum Gasteiger partial charge on any atom is 0.293 e. The lowest BCUT2D eigenvalue weighted by molar-refractivity contribution is -0.384. The van der Waals surface area contributed by atoms with E-state index >= 15 is 0 Å². The van der Waals surface area contributed by atoms with Gasteiger partial charge in [-0.15, -0.1) is 0 Å². The van der Waals surface area contributed by atoms with Crippen LogP contribution in [0.3, 0.4) is 0 Å². The fourth-order valence-corrected chi connectivity index (χ4v) is 2.25. The molecule has 102 valence electrons. The van der Waals surface area contributed by atoms with E-state index < -0.39 is 4.92 Å². The van der Waals surface area contributed by atoms with Gasteiger partial charge in [0.05, 0.1) is 4.92 Å². The Labute approximate surface area is 111 Å². The highest BCUT2D eigenvalue weighted by molar-refractivity contribution is 5.93. The molecule has 1 aliphatic rings. The minimum atomic E-state index is -0.476. The molecule has 6 heteroatoms. The lowest BCUT2D eigenvalue weighted by atomic mass is 10.1. The molecule has 0 spiro atoms. The summed E-state index contributed by atoms with van der Waals surface area (Å²) < 4.78 is 0. The van der Waals surface area contributed by atoms with E-state index in [4.69, 9.17) is 0 Å². The molecule has 1 aromatic rings. The van der Waals surface area contributed by atoms with Crippen LogP contribution in [0.4, 0.5) is 11.4 Å². The second-order valence-electron chi connectivity index (χ2n) is 4.82. The first-order chi connectivity index (χ1) is 9.06. The highest BCUT2D eigenvalue weighted by Gasteiger charge is 2.20. The van der Waals surface area contributed by atoms with Crippen molar-refractivity contribution in [3.05, 3.63) is 33.9 Å². The number of benzene rings is 1. The summed E-state index contributed by atoms with van der Waals surface area (Å²) in [5.41, 5.74) is 0.994. The van der Waals surface area contributed by atoms with E-state index in [-0.39, 0.29) is 23.3 Å². The van der Waals surface area contributed by atoms with Crippen LogP contribution in [0, 0.1) is 17.0 Å². The molecule has 0 bridgehead atoms. The van der Waals surface area contributed by atoms with Crippen LogP contribution in [0.5, 0.6) is 0 Å². The minimum absolute atomic E-state index is 0.0623. The highest BCUT2D eigenvalue weighted by Crippen LogP contribution is 2.25. The van der Waals surface area contributed by atoms with Crippen molar-refractivity contribution in [1.82, 2.24) is 5.32 Å². The molecule has 1 unspecified atom stereocenters. The summed E-state index contributed by atoms with van der Waals surface area (Å²) in [7, 11) is 0. The summed E-state index contributed by atoms with van der Waals surface area (Å²) in [4.78, 5) is 22.3. The molecule has 1 fully saturated rings. The summed E-state index contributed by atoms with van der Waals surface area (Å²) in [5.74, 6) is -0.189. The topological polar surface area (TPSA) is 84.3 Å². The summed E-state index contributed by atoms with van der Waals surface area (Å²) in [6.45, 7) is 2.71. The third-order valence-corrected chi connectivity index (χ3v) is 3.22. The van der Waals surface area contributed by atoms with Crippen LogP contribution in [0.25, 0.3) is 0 Å². The van der Waals surface area contributed by atoms with Crippen molar-refractivity contribution in [2.24, 2.45) is 0 Å². The fraction of sp³-hybridized carbons (Fsp3) is 0.462. The van der Waals surface area contributed by atoms with Gasteiger partial charge in [0.25, 0.3) is 5.69 Å². The predicted octanol–water partition coefficient (Wildman–Crippen LogP) is 1.98. The number of aryl methyl sites for hydroxylation is 1. The van der Waals surface area contributed by atoms with E-state index in [1.807, 2.05) is 0 Å². The Hall–Kier alpha value is -1.95. The van der Waals surface area contributed by atoms with E-state index in [2.05, 4.69) is 10.6 Å². The Morgan fingerprint density at radius 2 is 2.37 bits per heavy atom. The zero-order valence-corrected chi connectivity index (χ0v) is 10.8. The summed E-state index contributed by atoms with van der Waals surface area (Å²) in [6, 6.07) is 4.97. The predicted molar refractivity (Wildman–Crippen MR) is 72.1 cm³/mol. The molecule has 1 amide bonds. The summed E-state index contributed by atoms with van der Waals surface area (Å²) >= 11 is 0. The molecule has 0 saturated carbocycles. The second kappa shape index (κ2) is 5.79. The normalized spacial score (nSPS) is 18.3. The smallest absolute Gasteiger partial charge is 0.293 e. The standard InChI is InChI=1S/C13H17N3O3/c1-9-4-5-11(12(7-9)16(18)19)15-13(17)8-10-3-2-6-14-10/h4-5,7,10,14H,2-3,6,8H2,1H3,(H,15,17). The van der Waals surface area contributed by atoms with Gasteiger partial charge in [-0.25, -0.2) is 0 Å². The van der Waals surface area contributed by atoms with Crippen LogP contribution in [-0.2, 0) is 4.79 Å². The van der Waals surface area contributed by atoms with Crippen molar-refractivity contribution >= 4 is 17.3 Å². The Morgan fingerprint density at radius 1 is 1.58 bits per heavy atom. The highest BCUT2D eigenvalue weighted by atomic mass is 16.6. The average Bonchev–Trinajstić information content (AvgIpc) is 2.83. The van der Waals surface area contributed by atoms with Gasteiger partial charge in [-0.2, -0.15) is 0 Å². The van der Waals surface area contributed by atoms with Gasteiger partial charge >= 0.3 is 0 Å². The van der Waals surface area contributed by atoms with Gasteiger partial charge in [0.15, 0.2) is 0 Å². The number of nitro groups is 1. The zero-order chi connectivity index (χ0) is 13.8. The monoisotopic (exact) mass is 263 g/mol. The molecule has 19 heavy (non-hydrogen) atoms. The van der Waals surface area contributed by atoms with Crippen LogP contribution in [0.15, 0.2) is 18.2 Å². The number of amides is 1. The zero-order valence-electron chi connectivity index (χ0n) is 10.8. The Kier molecular flexibility index (Phi) is 4.11. The Bertz CT molecular complexity index is 496. The maximum absolute atomic E-state index is 11.9. The van der Waals surface area contributed by atoms with Gasteiger partial charge in [0.1, 0.15) is 5.69 Å². The minimum Gasteiger partial charge on any atom is -0.320 e. The molecule has 1 aromatic carbocycles. The lowest BCUT2D eigenvalue weighted by Crippen LogP contribution is -2.27. The number of nitrogens with one attached hydrogen (secondary N) is 2. The van der Waals surface area contributed by atoms with E-state index in [0.29, 0.717) is 6.42 Å². The number of carbonyl (C=O) groups excluding carboxylic acids is 1. The molecular weight excluding hydrogens is 246 g/mol. The first-order valence-electron chi connectivity index (χ1n) is 6.34. The molecule has 1 aliphatic heterocycles. The first-order valence-corrected chi connectivity index (χ1v) is 6.34. The van der Waals surface area contributed by atoms with Crippen molar-refractivity contribution in [3.63, 3.8) is 0 Å². The largest absolute Gasteiger partial charge is 0.320 e. The Balaban J connectivity index is 2.05. The molecule has 1 atom stereocenters. The number of hydrogen-bond acceptors (Lipinski definition) is 4. The van der Waals surface area contributed by atoms with Crippen LogP contribution >= 0.6 is 0 Å². The van der Waals surface area contributed by atoms with Crippen molar-refractivity contribution in [2.45, 2.75) is 32.2 Å². The molecular formula is C13H17N3O3. The molecule has 0 radical (unpaired) electrons. The van der Waals surface area contributed by atoms with Crippen molar-refractivity contribution < 1.29 is 9.72 Å². The van der Waals surface area contributed by atoms with E-state index in [9.17, 15) is 14.9 Å². The summed E-state index contributed by atoms with van der Waals surface area (Å²) in [5, 5.41) is 16.8. The van der Waals surface area contributed by atoms with Gasteiger partial charge in [0.2, 0.25) is 5.91 Å². The molecule has 1 heterocycles. The molecule has 2 rings (SSSR count). The van der Waals surface area contributed by atoms with Crippen molar-refractivity contribution in [1.29, 1.82) is 0 Å². The SMILES string of the molecule is Cc1ccc(NC(=O)CC2CCCN2)c([N+](=O)[O-])c1. The van der Waals surface area contributed by atoms with Gasteiger partial charge in [-0.1, -0.05) is 6.07 Å². The number of carbonyl (C=O) groups is 1. The number of anilines is 1. The quantitative estimate of drug-likeness (QED) is 0.642. The van der Waals surface area contributed by atoms with Crippen LogP contribution in [0.2, 0.25) is 0 Å². The van der Waals surface area contributed by atoms with Crippen LogP contribution in [0.1, 0.15) is 24.8 Å². The molecule has 2 N–H and O–H groups in total. The first kappa shape index (κ1) is 13.5.